The van der Waals surface area contributed by atoms with Crippen LogP contribution in [0.5, 0.6) is 0 Å². The van der Waals surface area contributed by atoms with Crippen molar-refractivity contribution >= 4 is 30.0 Å². The van der Waals surface area contributed by atoms with E-state index in [1.165, 1.54) is 55.4 Å². The summed E-state index contributed by atoms with van der Waals surface area (Å²) in [5, 5.41) is 9.59. The van der Waals surface area contributed by atoms with Gasteiger partial charge in [-0.2, -0.15) is 0 Å². The van der Waals surface area contributed by atoms with Crippen LogP contribution < -0.4 is 0 Å². The standard InChI is InChI=1S/C17H30O7.C5H6O4/c1-8-9-10-11-22-13(19)16(4,5)24-14(20)17(6,7)23-12(18)15(2,3)21;1-5(2)3(6)8-4(7)9-5/h21H,8-11H2,1-7H3;1-2H3. The van der Waals surface area contributed by atoms with Crippen molar-refractivity contribution in [3.05, 3.63) is 0 Å². The van der Waals surface area contributed by atoms with Gasteiger partial charge in [-0.05, 0) is 61.8 Å². The van der Waals surface area contributed by atoms with Crippen LogP contribution in [0.25, 0.3) is 0 Å². The summed E-state index contributed by atoms with van der Waals surface area (Å²) in [7, 11) is 0. The van der Waals surface area contributed by atoms with Gasteiger partial charge in [0.15, 0.2) is 5.60 Å². The highest BCUT2D eigenvalue weighted by atomic mass is 16.8. The van der Waals surface area contributed by atoms with E-state index in [0.717, 1.165) is 19.3 Å². The molecule has 1 saturated heterocycles. The van der Waals surface area contributed by atoms with E-state index in [9.17, 15) is 29.1 Å². The van der Waals surface area contributed by atoms with E-state index in [4.69, 9.17) is 14.2 Å². The molecule has 1 aliphatic rings. The van der Waals surface area contributed by atoms with E-state index in [1.807, 2.05) is 6.92 Å². The van der Waals surface area contributed by atoms with E-state index in [-0.39, 0.29) is 6.61 Å². The van der Waals surface area contributed by atoms with Gasteiger partial charge in [-0.25, -0.2) is 24.0 Å². The summed E-state index contributed by atoms with van der Waals surface area (Å²) in [4.78, 5) is 56.7. The number of esters is 4. The maximum absolute atomic E-state index is 12.2. The fraction of sp³-hybridized carbons (Fsp3) is 0.773. The Morgan fingerprint density at radius 2 is 1.36 bits per heavy atom. The monoisotopic (exact) mass is 476 g/mol. The molecule has 0 unspecified atom stereocenters. The largest absolute Gasteiger partial charge is 0.517 e. The van der Waals surface area contributed by atoms with Crippen molar-refractivity contribution in [2.75, 3.05) is 6.61 Å². The summed E-state index contributed by atoms with van der Waals surface area (Å²) in [5.41, 5.74) is -6.00. The summed E-state index contributed by atoms with van der Waals surface area (Å²) >= 11 is 0. The molecule has 1 rings (SSSR count). The quantitative estimate of drug-likeness (QED) is 0.226. The third-order valence-corrected chi connectivity index (χ3v) is 4.17. The lowest BCUT2D eigenvalue weighted by Gasteiger charge is -2.30. The molecule has 0 saturated carbocycles. The van der Waals surface area contributed by atoms with Crippen molar-refractivity contribution in [1.29, 1.82) is 0 Å². The maximum atomic E-state index is 12.2. The molecule has 0 amide bonds. The van der Waals surface area contributed by atoms with Gasteiger partial charge < -0.3 is 28.8 Å². The number of hydrogen-bond donors (Lipinski definition) is 1. The van der Waals surface area contributed by atoms with Crippen molar-refractivity contribution in [2.24, 2.45) is 0 Å². The molecule has 0 bridgehead atoms. The molecular formula is C22H36O11. The lowest BCUT2D eigenvalue weighted by molar-refractivity contribution is -0.200. The van der Waals surface area contributed by atoms with Gasteiger partial charge in [-0.1, -0.05) is 19.8 Å². The number of rotatable bonds is 9. The minimum atomic E-state index is -1.74. The van der Waals surface area contributed by atoms with Gasteiger partial charge in [0, 0.05) is 0 Å². The molecule has 11 nitrogen and oxygen atoms in total. The Morgan fingerprint density at radius 1 is 0.879 bits per heavy atom. The van der Waals surface area contributed by atoms with Crippen molar-refractivity contribution in [3.8, 4) is 0 Å². The molecule has 0 aliphatic carbocycles. The third kappa shape index (κ3) is 10.2. The Balaban J connectivity index is 0.000000938. The third-order valence-electron chi connectivity index (χ3n) is 4.17. The number of hydrogen-bond acceptors (Lipinski definition) is 11. The fourth-order valence-electron chi connectivity index (χ4n) is 1.95. The summed E-state index contributed by atoms with van der Waals surface area (Å²) in [6.45, 7) is 13.2. The van der Waals surface area contributed by atoms with Crippen LogP contribution in [0.4, 0.5) is 4.79 Å². The van der Waals surface area contributed by atoms with Gasteiger partial charge in [0.1, 0.15) is 0 Å². The normalized spacial score (nSPS) is 15.5. The second-order valence-corrected chi connectivity index (χ2v) is 9.45. The lowest BCUT2D eigenvalue weighted by Crippen LogP contribution is -2.49. The number of ether oxygens (including phenoxy) is 5. The fourth-order valence-corrected chi connectivity index (χ4v) is 1.95. The molecule has 1 aliphatic heterocycles. The van der Waals surface area contributed by atoms with Crippen LogP contribution in [-0.4, -0.2) is 64.2 Å². The molecule has 0 radical (unpaired) electrons. The lowest BCUT2D eigenvalue weighted by atomic mass is 10.1. The first-order chi connectivity index (χ1) is 14.8. The molecule has 0 spiro atoms. The van der Waals surface area contributed by atoms with Crippen LogP contribution in [0.2, 0.25) is 0 Å². The van der Waals surface area contributed by atoms with E-state index in [2.05, 4.69) is 9.47 Å². The first-order valence-electron chi connectivity index (χ1n) is 10.6. The van der Waals surface area contributed by atoms with Crippen LogP contribution in [0.1, 0.15) is 81.6 Å². The number of unbranched alkanes of at least 4 members (excludes halogenated alkanes) is 2. The van der Waals surface area contributed by atoms with Crippen LogP contribution in [0.3, 0.4) is 0 Å². The summed E-state index contributed by atoms with van der Waals surface area (Å²) < 4.78 is 23.8. The zero-order valence-electron chi connectivity index (χ0n) is 20.9. The summed E-state index contributed by atoms with van der Waals surface area (Å²) in [6.07, 6.45) is 1.76. The number of cyclic esters (lactones) is 3. The van der Waals surface area contributed by atoms with Gasteiger partial charge >= 0.3 is 30.0 Å². The van der Waals surface area contributed by atoms with Crippen molar-refractivity contribution in [2.45, 2.75) is 104 Å². The number of carbonyl (C=O) groups is 5. The average Bonchev–Trinajstić information content (AvgIpc) is 2.87. The minimum absolute atomic E-state index is 0.255. The highest BCUT2D eigenvalue weighted by molar-refractivity contribution is 5.93. The molecule has 0 aromatic heterocycles. The van der Waals surface area contributed by atoms with Crippen LogP contribution in [-0.2, 0) is 42.9 Å². The van der Waals surface area contributed by atoms with E-state index in [0.29, 0.717) is 0 Å². The molecule has 1 fully saturated rings. The van der Waals surface area contributed by atoms with Crippen molar-refractivity contribution in [1.82, 2.24) is 0 Å². The molecule has 190 valence electrons. The Bertz CT molecular complexity index is 742. The van der Waals surface area contributed by atoms with E-state index in [1.54, 1.807) is 0 Å². The second-order valence-electron chi connectivity index (χ2n) is 9.45. The van der Waals surface area contributed by atoms with Gasteiger partial charge in [0.2, 0.25) is 16.8 Å². The smallest absolute Gasteiger partial charge is 0.463 e. The second kappa shape index (κ2) is 11.4. The minimum Gasteiger partial charge on any atom is -0.463 e. The molecule has 0 aromatic carbocycles. The molecule has 0 atom stereocenters. The zero-order chi connectivity index (χ0) is 26.3. The highest BCUT2D eigenvalue weighted by Gasteiger charge is 2.44. The van der Waals surface area contributed by atoms with E-state index >= 15 is 0 Å². The first kappa shape index (κ1) is 30.3. The predicted molar refractivity (Wildman–Crippen MR) is 114 cm³/mol. The molecule has 33 heavy (non-hydrogen) atoms. The highest BCUT2D eigenvalue weighted by Crippen LogP contribution is 2.22. The van der Waals surface area contributed by atoms with Crippen molar-refractivity contribution in [3.63, 3.8) is 0 Å². The number of carbonyl (C=O) groups excluding carboxylic acids is 5. The maximum Gasteiger partial charge on any atom is 0.517 e. The molecular weight excluding hydrogens is 440 g/mol. The Hall–Kier alpha value is -2.69. The van der Waals surface area contributed by atoms with Gasteiger partial charge in [0.25, 0.3) is 0 Å². The van der Waals surface area contributed by atoms with Gasteiger partial charge in [-0.3, -0.25) is 0 Å². The zero-order valence-corrected chi connectivity index (χ0v) is 20.9. The summed E-state index contributed by atoms with van der Waals surface area (Å²) in [6, 6.07) is 0. The Morgan fingerprint density at radius 3 is 1.73 bits per heavy atom. The molecule has 0 aromatic rings. The van der Waals surface area contributed by atoms with Gasteiger partial charge in [0.05, 0.1) is 6.61 Å². The predicted octanol–water partition coefficient (Wildman–Crippen LogP) is 2.59. The van der Waals surface area contributed by atoms with Crippen LogP contribution >= 0.6 is 0 Å². The molecule has 1 heterocycles. The van der Waals surface area contributed by atoms with E-state index < -0.39 is 52.4 Å². The van der Waals surface area contributed by atoms with Crippen molar-refractivity contribution < 1.29 is 52.8 Å². The Kier molecular flexibility index (Phi) is 10.5. The SMILES string of the molecule is CC1(C)OC(=O)OC1=O.CCCCCOC(=O)C(C)(C)OC(=O)C(C)(C)OC(=O)C(C)(C)O. The van der Waals surface area contributed by atoms with Gasteiger partial charge in [-0.15, -0.1) is 0 Å². The molecule has 1 N–H and O–H groups in total. The summed E-state index contributed by atoms with van der Waals surface area (Å²) in [5.74, 6) is -3.18. The average molecular weight is 477 g/mol. The van der Waals surface area contributed by atoms with Crippen LogP contribution in [0, 0.1) is 0 Å². The Labute approximate surface area is 194 Å². The number of aliphatic hydroxyl groups is 1. The van der Waals surface area contributed by atoms with Crippen LogP contribution in [0.15, 0.2) is 0 Å². The topological polar surface area (TPSA) is 152 Å². The molecule has 11 heteroatoms. The first-order valence-corrected chi connectivity index (χ1v) is 10.6.